The molecule has 37 heavy (non-hydrogen) atoms. The molecule has 2 heterocycles. The molecule has 1 amide bonds. The van der Waals surface area contributed by atoms with Gasteiger partial charge in [-0.25, -0.2) is 4.39 Å². The number of fused-ring (bicyclic) bond motifs is 1. The fourth-order valence-electron chi connectivity index (χ4n) is 5.04. The lowest BCUT2D eigenvalue weighted by Crippen LogP contribution is -2.38. The number of carbonyl (C=O) groups is 1. The normalized spacial score (nSPS) is 16.1. The predicted octanol–water partition coefficient (Wildman–Crippen LogP) is 5.99. The number of hydrogen-bond donors (Lipinski definition) is 0. The molecule has 4 aromatic rings. The number of carbonyl (C=O) groups excluding carboxylic acids is 1. The highest BCUT2D eigenvalue weighted by atomic mass is 19.1. The second kappa shape index (κ2) is 11.0. The van der Waals surface area contributed by atoms with Crippen LogP contribution in [0.15, 0.2) is 95.6 Å². The topological polar surface area (TPSA) is 45.9 Å². The van der Waals surface area contributed by atoms with Crippen LogP contribution in [0.1, 0.15) is 41.0 Å². The van der Waals surface area contributed by atoms with Crippen LogP contribution in [0.25, 0.3) is 0 Å². The third-order valence-corrected chi connectivity index (χ3v) is 6.90. The Balaban J connectivity index is 1.40. The van der Waals surface area contributed by atoms with Crippen LogP contribution in [0, 0.1) is 5.82 Å². The first-order valence-corrected chi connectivity index (χ1v) is 12.6. The van der Waals surface area contributed by atoms with Crippen molar-refractivity contribution in [3.8, 4) is 5.75 Å². The van der Waals surface area contributed by atoms with Gasteiger partial charge in [-0.05, 0) is 60.4 Å². The molecule has 0 saturated heterocycles. The number of benzene rings is 3. The zero-order chi connectivity index (χ0) is 25.8. The monoisotopic (exact) mass is 498 g/mol. The van der Waals surface area contributed by atoms with Gasteiger partial charge in [0.25, 0.3) is 5.91 Å². The Labute approximate surface area is 217 Å². The van der Waals surface area contributed by atoms with Crippen molar-refractivity contribution in [3.05, 3.63) is 125 Å². The largest absolute Gasteiger partial charge is 0.481 e. The summed E-state index contributed by atoms with van der Waals surface area (Å²) in [4.78, 5) is 16.9. The highest BCUT2D eigenvalue weighted by Gasteiger charge is 2.30. The molecule has 6 heteroatoms. The van der Waals surface area contributed by atoms with Crippen molar-refractivity contribution in [1.82, 2.24) is 9.80 Å². The van der Waals surface area contributed by atoms with Crippen molar-refractivity contribution in [1.29, 1.82) is 0 Å². The average molecular weight is 499 g/mol. The van der Waals surface area contributed by atoms with E-state index in [1.165, 1.54) is 11.6 Å². The van der Waals surface area contributed by atoms with Gasteiger partial charge in [-0.15, -0.1) is 0 Å². The van der Waals surface area contributed by atoms with E-state index in [-0.39, 0.29) is 17.8 Å². The summed E-state index contributed by atoms with van der Waals surface area (Å²) < 4.78 is 26.1. The standard InChI is InChI=1S/C31H31FN2O3/c1-22(31(35)33(2)21-27-12-8-18-36-27)37-26-15-14-23-16-17-34(20-25-11-6-7-13-29(25)32)30(28(23)19-26)24-9-4-3-5-10-24/h3-15,18-19,22,30H,16-17,20-21H2,1-2H3. The van der Waals surface area contributed by atoms with Crippen LogP contribution in [0.3, 0.4) is 0 Å². The van der Waals surface area contributed by atoms with Crippen molar-refractivity contribution in [2.45, 2.75) is 38.6 Å². The predicted molar refractivity (Wildman–Crippen MR) is 141 cm³/mol. The molecule has 3 aromatic carbocycles. The molecule has 2 atom stereocenters. The van der Waals surface area contributed by atoms with Crippen LogP contribution in [-0.4, -0.2) is 35.4 Å². The first kappa shape index (κ1) is 24.8. The van der Waals surface area contributed by atoms with E-state index in [0.29, 0.717) is 24.4 Å². The Morgan fingerprint density at radius 1 is 1.08 bits per heavy atom. The second-order valence-corrected chi connectivity index (χ2v) is 9.52. The molecule has 5 rings (SSSR count). The first-order chi connectivity index (χ1) is 18.0. The number of amides is 1. The van der Waals surface area contributed by atoms with Crippen molar-refractivity contribution in [2.24, 2.45) is 0 Å². The Kier molecular flexibility index (Phi) is 7.37. The molecule has 0 spiro atoms. The molecule has 5 nitrogen and oxygen atoms in total. The molecule has 0 fully saturated rings. The van der Waals surface area contributed by atoms with Gasteiger partial charge in [0.1, 0.15) is 17.3 Å². The SMILES string of the molecule is CC(Oc1ccc2c(c1)C(c1ccccc1)N(Cc1ccccc1F)CC2)C(=O)N(C)Cc1ccco1. The highest BCUT2D eigenvalue weighted by molar-refractivity contribution is 5.80. The Morgan fingerprint density at radius 3 is 2.62 bits per heavy atom. The van der Waals surface area contributed by atoms with Crippen LogP contribution in [0.2, 0.25) is 0 Å². The zero-order valence-electron chi connectivity index (χ0n) is 21.1. The highest BCUT2D eigenvalue weighted by Crippen LogP contribution is 2.38. The second-order valence-electron chi connectivity index (χ2n) is 9.52. The number of rotatable bonds is 8. The number of nitrogens with zero attached hydrogens (tertiary/aromatic N) is 2. The van der Waals surface area contributed by atoms with E-state index in [4.69, 9.17) is 9.15 Å². The van der Waals surface area contributed by atoms with Gasteiger partial charge in [0.15, 0.2) is 6.10 Å². The maximum absolute atomic E-state index is 14.5. The van der Waals surface area contributed by atoms with Crippen molar-refractivity contribution in [2.75, 3.05) is 13.6 Å². The fraction of sp³-hybridized carbons (Fsp3) is 0.258. The molecule has 2 unspecified atom stereocenters. The molecule has 190 valence electrons. The molecule has 1 aliphatic heterocycles. The molecule has 0 aliphatic carbocycles. The first-order valence-electron chi connectivity index (χ1n) is 12.6. The summed E-state index contributed by atoms with van der Waals surface area (Å²) >= 11 is 0. The van der Waals surface area contributed by atoms with Crippen molar-refractivity contribution < 1.29 is 18.3 Å². The number of likely N-dealkylation sites (N-methyl/N-ethyl adjacent to an activating group) is 1. The lowest BCUT2D eigenvalue weighted by molar-refractivity contribution is -0.137. The van der Waals surface area contributed by atoms with Gasteiger partial charge in [-0.3, -0.25) is 9.69 Å². The maximum atomic E-state index is 14.5. The fourth-order valence-corrected chi connectivity index (χ4v) is 5.04. The lowest BCUT2D eigenvalue weighted by Gasteiger charge is -2.38. The summed E-state index contributed by atoms with van der Waals surface area (Å²) in [5.41, 5.74) is 4.17. The molecule has 1 aromatic heterocycles. The summed E-state index contributed by atoms with van der Waals surface area (Å²) in [5.74, 6) is 1.04. The summed E-state index contributed by atoms with van der Waals surface area (Å²) in [5, 5.41) is 0. The van der Waals surface area contributed by atoms with Gasteiger partial charge in [0.2, 0.25) is 0 Å². The minimum atomic E-state index is -0.661. The van der Waals surface area contributed by atoms with Gasteiger partial charge in [-0.2, -0.15) is 0 Å². The quantitative estimate of drug-likeness (QED) is 0.299. The summed E-state index contributed by atoms with van der Waals surface area (Å²) in [6.45, 7) is 3.46. The number of hydrogen-bond acceptors (Lipinski definition) is 4. The van der Waals surface area contributed by atoms with Crippen LogP contribution in [0.5, 0.6) is 5.75 Å². The Bertz CT molecular complexity index is 1340. The minimum Gasteiger partial charge on any atom is -0.481 e. The van der Waals surface area contributed by atoms with E-state index in [9.17, 15) is 9.18 Å². The lowest BCUT2D eigenvalue weighted by atomic mass is 9.87. The molecule has 0 bridgehead atoms. The van der Waals surface area contributed by atoms with Crippen LogP contribution in [0.4, 0.5) is 4.39 Å². The summed E-state index contributed by atoms with van der Waals surface area (Å²) in [6.07, 6.45) is 1.79. The third kappa shape index (κ3) is 5.59. The van der Waals surface area contributed by atoms with Crippen molar-refractivity contribution in [3.63, 3.8) is 0 Å². The summed E-state index contributed by atoms with van der Waals surface area (Å²) in [6, 6.07) is 26.9. The van der Waals surface area contributed by atoms with E-state index < -0.39 is 6.10 Å². The summed E-state index contributed by atoms with van der Waals surface area (Å²) in [7, 11) is 1.74. The Morgan fingerprint density at radius 2 is 1.86 bits per heavy atom. The average Bonchev–Trinajstić information content (AvgIpc) is 3.43. The zero-order valence-corrected chi connectivity index (χ0v) is 21.1. The van der Waals surface area contributed by atoms with Crippen LogP contribution >= 0.6 is 0 Å². The molecule has 1 aliphatic rings. The third-order valence-electron chi connectivity index (χ3n) is 6.90. The van der Waals surface area contributed by atoms with Gasteiger partial charge in [-0.1, -0.05) is 54.6 Å². The van der Waals surface area contributed by atoms with Crippen LogP contribution < -0.4 is 4.74 Å². The molecular weight excluding hydrogens is 467 g/mol. The number of halogens is 1. The smallest absolute Gasteiger partial charge is 0.263 e. The van der Waals surface area contributed by atoms with Gasteiger partial charge in [0, 0.05) is 25.7 Å². The van der Waals surface area contributed by atoms with E-state index in [1.54, 1.807) is 37.3 Å². The van der Waals surface area contributed by atoms with E-state index >= 15 is 0 Å². The molecule has 0 radical (unpaired) electrons. The molecule has 0 N–H and O–H groups in total. The van der Waals surface area contributed by atoms with Gasteiger partial charge in [0.05, 0.1) is 18.8 Å². The Hall–Kier alpha value is -3.90. The van der Waals surface area contributed by atoms with E-state index in [0.717, 1.165) is 29.9 Å². The molecular formula is C31H31FN2O3. The number of ether oxygens (including phenoxy) is 1. The van der Waals surface area contributed by atoms with E-state index in [2.05, 4.69) is 23.1 Å². The van der Waals surface area contributed by atoms with Crippen LogP contribution in [-0.2, 0) is 24.3 Å². The maximum Gasteiger partial charge on any atom is 0.263 e. The number of furan rings is 1. The van der Waals surface area contributed by atoms with E-state index in [1.807, 2.05) is 48.5 Å². The van der Waals surface area contributed by atoms with Gasteiger partial charge < -0.3 is 14.1 Å². The molecule has 0 saturated carbocycles. The van der Waals surface area contributed by atoms with Crippen molar-refractivity contribution >= 4 is 5.91 Å². The van der Waals surface area contributed by atoms with Gasteiger partial charge >= 0.3 is 0 Å². The minimum absolute atomic E-state index is 0.0549.